The molecule has 2 fully saturated rings. The van der Waals surface area contributed by atoms with Crippen molar-refractivity contribution >= 4 is 12.0 Å². The van der Waals surface area contributed by atoms with Crippen molar-refractivity contribution in [2.45, 2.75) is 43.7 Å². The molecular formula is C23H24N2O3. The summed E-state index contributed by atoms with van der Waals surface area (Å²) in [6, 6.07) is 16.8. The molecule has 5 nitrogen and oxygen atoms in total. The smallest absolute Gasteiger partial charge is 0.410 e. The van der Waals surface area contributed by atoms with Crippen LogP contribution in [0.5, 0.6) is 0 Å². The van der Waals surface area contributed by atoms with E-state index in [1.165, 1.54) is 22.3 Å². The molecule has 0 aromatic heterocycles. The number of hydrogen-bond donors (Lipinski definition) is 1. The highest BCUT2D eigenvalue weighted by Crippen LogP contribution is 2.45. The van der Waals surface area contributed by atoms with Gasteiger partial charge in [0, 0.05) is 23.9 Å². The number of nitrogens with zero attached hydrogens (tertiary/aromatic N) is 1. The van der Waals surface area contributed by atoms with Gasteiger partial charge >= 0.3 is 6.09 Å². The van der Waals surface area contributed by atoms with Crippen LogP contribution in [0, 0.1) is 5.92 Å². The van der Waals surface area contributed by atoms with Crippen LogP contribution >= 0.6 is 0 Å². The lowest BCUT2D eigenvalue weighted by Crippen LogP contribution is -2.49. The van der Waals surface area contributed by atoms with Gasteiger partial charge in [0.1, 0.15) is 6.61 Å². The van der Waals surface area contributed by atoms with Crippen LogP contribution < -0.4 is 5.73 Å². The quantitative estimate of drug-likeness (QED) is 0.888. The van der Waals surface area contributed by atoms with Crippen LogP contribution in [0.15, 0.2) is 48.5 Å². The molecule has 1 aliphatic carbocycles. The van der Waals surface area contributed by atoms with Gasteiger partial charge in [-0.2, -0.15) is 0 Å². The zero-order valence-electron chi connectivity index (χ0n) is 15.7. The highest BCUT2D eigenvalue weighted by Gasteiger charge is 2.45. The normalized spacial score (nSPS) is 25.3. The van der Waals surface area contributed by atoms with Crippen LogP contribution in [0.1, 0.15) is 42.7 Å². The number of fused-ring (bicyclic) bond motifs is 5. The van der Waals surface area contributed by atoms with E-state index in [0.717, 1.165) is 12.8 Å². The maximum atomic E-state index is 12.9. The fourth-order valence-corrected chi connectivity index (χ4v) is 5.38. The molecule has 0 saturated carbocycles. The zero-order valence-corrected chi connectivity index (χ0v) is 15.7. The van der Waals surface area contributed by atoms with Gasteiger partial charge in [-0.15, -0.1) is 0 Å². The predicted molar refractivity (Wildman–Crippen MR) is 106 cm³/mol. The summed E-state index contributed by atoms with van der Waals surface area (Å²) < 4.78 is 5.83. The number of carbonyl (C=O) groups is 2. The molecule has 0 spiro atoms. The molecule has 2 aromatic rings. The Morgan fingerprint density at radius 3 is 2.00 bits per heavy atom. The molecule has 2 heterocycles. The summed E-state index contributed by atoms with van der Waals surface area (Å²) in [5.74, 6) is -0.295. The Hall–Kier alpha value is -2.82. The largest absolute Gasteiger partial charge is 0.448 e. The molecule has 2 aliphatic heterocycles. The Labute approximate surface area is 164 Å². The topological polar surface area (TPSA) is 72.6 Å². The number of nitrogens with two attached hydrogens (primary N) is 1. The molecule has 2 aromatic carbocycles. The van der Waals surface area contributed by atoms with Crippen molar-refractivity contribution in [1.29, 1.82) is 0 Å². The number of piperidine rings is 1. The van der Waals surface area contributed by atoms with E-state index in [-0.39, 0.29) is 35.9 Å². The number of ether oxygens (including phenoxy) is 1. The third-order valence-electron chi connectivity index (χ3n) is 6.68. The average molecular weight is 376 g/mol. The van der Waals surface area contributed by atoms with Gasteiger partial charge in [0.15, 0.2) is 0 Å². The first-order valence-corrected chi connectivity index (χ1v) is 10.1. The average Bonchev–Trinajstić information content (AvgIpc) is 3.17. The number of hydrogen-bond acceptors (Lipinski definition) is 3. The molecule has 2 amide bonds. The monoisotopic (exact) mass is 376 g/mol. The zero-order chi connectivity index (χ0) is 19.3. The van der Waals surface area contributed by atoms with E-state index in [1.807, 2.05) is 29.2 Å². The van der Waals surface area contributed by atoms with Crippen molar-refractivity contribution in [1.82, 2.24) is 4.90 Å². The molecule has 2 saturated heterocycles. The van der Waals surface area contributed by atoms with Crippen molar-refractivity contribution in [3.8, 4) is 11.1 Å². The van der Waals surface area contributed by atoms with Crippen LogP contribution in [-0.4, -0.2) is 35.6 Å². The highest BCUT2D eigenvalue weighted by molar-refractivity contribution is 5.79. The summed E-state index contributed by atoms with van der Waals surface area (Å²) in [6.45, 7) is 0.335. The van der Waals surface area contributed by atoms with Gasteiger partial charge in [-0.3, -0.25) is 4.79 Å². The number of carbonyl (C=O) groups excluding carboxylic acids is 2. The summed E-state index contributed by atoms with van der Waals surface area (Å²) in [6.07, 6.45) is 2.93. The maximum absolute atomic E-state index is 12.9. The van der Waals surface area contributed by atoms with Crippen molar-refractivity contribution in [2.75, 3.05) is 6.61 Å². The van der Waals surface area contributed by atoms with Crippen LogP contribution in [0.3, 0.4) is 0 Å². The molecule has 2 unspecified atom stereocenters. The Kier molecular flexibility index (Phi) is 4.11. The van der Waals surface area contributed by atoms with Crippen molar-refractivity contribution < 1.29 is 14.3 Å². The van der Waals surface area contributed by atoms with E-state index in [2.05, 4.69) is 24.3 Å². The van der Waals surface area contributed by atoms with Gasteiger partial charge in [0.2, 0.25) is 5.91 Å². The van der Waals surface area contributed by atoms with Gasteiger partial charge in [0.25, 0.3) is 0 Å². The molecule has 2 N–H and O–H groups in total. The van der Waals surface area contributed by atoms with Gasteiger partial charge in [-0.25, -0.2) is 4.79 Å². The Balaban J connectivity index is 1.32. The molecule has 2 atom stereocenters. The molecule has 3 aliphatic rings. The minimum atomic E-state index is -0.253. The van der Waals surface area contributed by atoms with E-state index in [1.54, 1.807) is 0 Å². The molecule has 28 heavy (non-hydrogen) atoms. The Bertz CT molecular complexity index is 881. The minimum Gasteiger partial charge on any atom is -0.448 e. The second kappa shape index (κ2) is 6.66. The fraction of sp³-hybridized carbons (Fsp3) is 0.391. The second-order valence-electron chi connectivity index (χ2n) is 8.17. The summed E-state index contributed by atoms with van der Waals surface area (Å²) in [7, 11) is 0. The number of rotatable bonds is 3. The SMILES string of the molecule is NC(=O)C1CC2CCC(C1)N2C(=O)OCC1c2ccccc2-c2ccccc21. The summed E-state index contributed by atoms with van der Waals surface area (Å²) in [5.41, 5.74) is 10.4. The van der Waals surface area contributed by atoms with E-state index in [4.69, 9.17) is 10.5 Å². The van der Waals surface area contributed by atoms with E-state index in [0.29, 0.717) is 19.4 Å². The maximum Gasteiger partial charge on any atom is 0.410 e. The fourth-order valence-electron chi connectivity index (χ4n) is 5.38. The van der Waals surface area contributed by atoms with Gasteiger partial charge in [-0.1, -0.05) is 48.5 Å². The van der Waals surface area contributed by atoms with Gasteiger partial charge < -0.3 is 15.4 Å². The minimum absolute atomic E-state index is 0.0668. The third-order valence-corrected chi connectivity index (χ3v) is 6.68. The lowest BCUT2D eigenvalue weighted by atomic mass is 9.90. The first-order chi connectivity index (χ1) is 13.6. The summed E-state index contributed by atoms with van der Waals surface area (Å²) >= 11 is 0. The van der Waals surface area contributed by atoms with Gasteiger partial charge in [0.05, 0.1) is 0 Å². The van der Waals surface area contributed by atoms with E-state index in [9.17, 15) is 9.59 Å². The molecule has 5 heteroatoms. The standard InChI is InChI=1S/C23H24N2O3/c24-22(26)14-11-15-9-10-16(12-14)25(15)23(27)28-13-21-19-7-3-1-5-17(19)18-6-2-4-8-20(18)21/h1-8,14-16,21H,9-13H2,(H2,24,26). The number of primary amides is 1. The lowest BCUT2D eigenvalue weighted by molar-refractivity contribution is -0.124. The molecule has 144 valence electrons. The van der Waals surface area contributed by atoms with E-state index < -0.39 is 0 Å². The Morgan fingerprint density at radius 2 is 1.46 bits per heavy atom. The van der Waals surface area contributed by atoms with E-state index >= 15 is 0 Å². The molecule has 5 rings (SSSR count). The highest BCUT2D eigenvalue weighted by atomic mass is 16.6. The molecular weight excluding hydrogens is 352 g/mol. The van der Waals surface area contributed by atoms with Crippen molar-refractivity contribution in [3.63, 3.8) is 0 Å². The summed E-state index contributed by atoms with van der Waals surface area (Å²) in [4.78, 5) is 26.3. The first kappa shape index (κ1) is 17.3. The lowest BCUT2D eigenvalue weighted by Gasteiger charge is -2.37. The summed E-state index contributed by atoms with van der Waals surface area (Å²) in [5, 5.41) is 0. The van der Waals surface area contributed by atoms with Crippen molar-refractivity contribution in [2.24, 2.45) is 11.7 Å². The van der Waals surface area contributed by atoms with Crippen LogP contribution in [0.4, 0.5) is 4.79 Å². The number of amides is 2. The van der Waals surface area contributed by atoms with Crippen LogP contribution in [0.2, 0.25) is 0 Å². The first-order valence-electron chi connectivity index (χ1n) is 10.1. The van der Waals surface area contributed by atoms with Crippen molar-refractivity contribution in [3.05, 3.63) is 59.7 Å². The van der Waals surface area contributed by atoms with Crippen LogP contribution in [0.25, 0.3) is 11.1 Å². The molecule has 2 bridgehead atoms. The predicted octanol–water partition coefficient (Wildman–Crippen LogP) is 3.66. The number of benzene rings is 2. The second-order valence-corrected chi connectivity index (χ2v) is 8.17. The Morgan fingerprint density at radius 1 is 0.929 bits per heavy atom. The van der Waals surface area contributed by atoms with Crippen LogP contribution in [-0.2, 0) is 9.53 Å². The van der Waals surface area contributed by atoms with Gasteiger partial charge in [-0.05, 0) is 47.9 Å². The molecule has 0 radical (unpaired) electrons. The third kappa shape index (κ3) is 2.68.